The number of anilines is 1. The lowest BCUT2D eigenvalue weighted by molar-refractivity contribution is 0.0950. The number of benzene rings is 1. The van der Waals surface area contributed by atoms with E-state index < -0.39 is 6.09 Å². The van der Waals surface area contributed by atoms with E-state index in [1.807, 2.05) is 6.92 Å². The summed E-state index contributed by atoms with van der Waals surface area (Å²) in [6, 6.07) is 10.1. The van der Waals surface area contributed by atoms with Crippen molar-refractivity contribution in [3.63, 3.8) is 0 Å². The number of nitrogens with zero attached hydrogens (tertiary/aromatic N) is 4. The van der Waals surface area contributed by atoms with Crippen molar-refractivity contribution in [3.05, 3.63) is 76.4 Å². The molecule has 0 saturated heterocycles. The molecule has 3 aromatic heterocycles. The van der Waals surface area contributed by atoms with Crippen LogP contribution in [0.1, 0.15) is 38.4 Å². The quantitative estimate of drug-likeness (QED) is 0.417. The fourth-order valence-electron chi connectivity index (χ4n) is 3.96. The van der Waals surface area contributed by atoms with Crippen LogP contribution in [0.2, 0.25) is 0 Å². The van der Waals surface area contributed by atoms with Gasteiger partial charge in [0.05, 0.1) is 18.3 Å². The minimum Gasteiger partial charge on any atom is -0.465 e. The monoisotopic (exact) mass is 446 g/mol. The molecule has 2 amide bonds. The zero-order valence-corrected chi connectivity index (χ0v) is 19.0. The van der Waals surface area contributed by atoms with Gasteiger partial charge in [-0.25, -0.2) is 9.78 Å². The van der Waals surface area contributed by atoms with Crippen molar-refractivity contribution in [2.45, 2.75) is 33.9 Å². The van der Waals surface area contributed by atoms with E-state index in [0.29, 0.717) is 17.8 Å². The van der Waals surface area contributed by atoms with E-state index in [4.69, 9.17) is 5.11 Å². The molecule has 3 N–H and O–H groups in total. The summed E-state index contributed by atoms with van der Waals surface area (Å²) in [5, 5.41) is 19.5. The number of aromatic nitrogens is 4. The van der Waals surface area contributed by atoms with Crippen LogP contribution in [0.3, 0.4) is 0 Å². The van der Waals surface area contributed by atoms with Gasteiger partial charge in [0.15, 0.2) is 0 Å². The Morgan fingerprint density at radius 1 is 1.12 bits per heavy atom. The van der Waals surface area contributed by atoms with Gasteiger partial charge in [0.2, 0.25) is 0 Å². The molecule has 9 nitrogen and oxygen atoms in total. The third kappa shape index (κ3) is 4.72. The van der Waals surface area contributed by atoms with Gasteiger partial charge in [0.1, 0.15) is 5.82 Å². The van der Waals surface area contributed by atoms with Crippen molar-refractivity contribution >= 4 is 28.7 Å². The maximum Gasteiger partial charge on any atom is 0.410 e. The Morgan fingerprint density at radius 3 is 2.64 bits per heavy atom. The summed E-state index contributed by atoms with van der Waals surface area (Å²) in [6.45, 7) is 6.57. The van der Waals surface area contributed by atoms with E-state index in [9.17, 15) is 9.59 Å². The van der Waals surface area contributed by atoms with Crippen LogP contribution in [0.5, 0.6) is 0 Å². The molecule has 0 unspecified atom stereocenters. The number of amides is 2. The first-order valence-corrected chi connectivity index (χ1v) is 10.5. The minimum atomic E-state index is -1.17. The average molecular weight is 447 g/mol. The van der Waals surface area contributed by atoms with Crippen molar-refractivity contribution in [1.82, 2.24) is 24.6 Å². The molecule has 33 heavy (non-hydrogen) atoms. The molecule has 0 aliphatic rings. The van der Waals surface area contributed by atoms with E-state index in [1.54, 1.807) is 30.1 Å². The van der Waals surface area contributed by atoms with E-state index in [0.717, 1.165) is 16.7 Å². The van der Waals surface area contributed by atoms with Crippen LogP contribution >= 0.6 is 0 Å². The number of hydrogen-bond acceptors (Lipinski definition) is 4. The van der Waals surface area contributed by atoms with Gasteiger partial charge in [-0.05, 0) is 61.7 Å². The van der Waals surface area contributed by atoms with Gasteiger partial charge < -0.3 is 15.0 Å². The summed E-state index contributed by atoms with van der Waals surface area (Å²) in [5.41, 5.74) is 6.31. The predicted octanol–water partition coefficient (Wildman–Crippen LogP) is 3.76. The highest BCUT2D eigenvalue weighted by Gasteiger charge is 2.13. The molecule has 0 atom stereocenters. The lowest BCUT2D eigenvalue weighted by atomic mass is 10.1. The molecule has 0 spiro atoms. The van der Waals surface area contributed by atoms with E-state index >= 15 is 0 Å². The number of carboxylic acid groups (broad SMARTS) is 1. The summed E-state index contributed by atoms with van der Waals surface area (Å²) >= 11 is 0. The molecule has 0 bridgehead atoms. The molecule has 9 heteroatoms. The zero-order valence-electron chi connectivity index (χ0n) is 19.0. The Balaban J connectivity index is 1.42. The molecular weight excluding hydrogens is 420 g/mol. The van der Waals surface area contributed by atoms with Crippen molar-refractivity contribution < 1.29 is 14.7 Å². The number of rotatable bonds is 6. The molecule has 0 aliphatic heterocycles. The lowest BCUT2D eigenvalue weighted by Crippen LogP contribution is -2.24. The number of aryl methyl sites for hydroxylation is 4. The van der Waals surface area contributed by atoms with Gasteiger partial charge in [-0.3, -0.25) is 14.8 Å². The molecule has 0 aliphatic carbocycles. The van der Waals surface area contributed by atoms with Gasteiger partial charge in [-0.2, -0.15) is 5.10 Å². The van der Waals surface area contributed by atoms with Crippen molar-refractivity contribution in [2.24, 2.45) is 7.05 Å². The highest BCUT2D eigenvalue weighted by atomic mass is 16.4. The smallest absolute Gasteiger partial charge is 0.410 e. The minimum absolute atomic E-state index is 0.234. The van der Waals surface area contributed by atoms with Gasteiger partial charge in [0, 0.05) is 42.1 Å². The Kier molecular flexibility index (Phi) is 5.87. The topological polar surface area (TPSA) is 114 Å². The molecule has 1 aromatic carbocycles. The molecule has 170 valence electrons. The summed E-state index contributed by atoms with van der Waals surface area (Å²) in [5.74, 6) is 0.0274. The Morgan fingerprint density at radius 2 is 1.91 bits per heavy atom. The Bertz CT molecular complexity index is 1350. The van der Waals surface area contributed by atoms with Crippen LogP contribution in [0, 0.1) is 20.8 Å². The van der Waals surface area contributed by atoms with E-state index in [1.165, 1.54) is 16.6 Å². The van der Waals surface area contributed by atoms with Gasteiger partial charge >= 0.3 is 6.09 Å². The third-order valence-electron chi connectivity index (χ3n) is 5.80. The summed E-state index contributed by atoms with van der Waals surface area (Å²) < 4.78 is 3.90. The predicted molar refractivity (Wildman–Crippen MR) is 126 cm³/mol. The largest absolute Gasteiger partial charge is 0.465 e. The molecule has 0 radical (unpaired) electrons. The number of nitrogens with one attached hydrogen (secondary N) is 2. The lowest BCUT2D eigenvalue weighted by Gasteiger charge is -2.12. The molecule has 3 heterocycles. The average Bonchev–Trinajstić information content (AvgIpc) is 3.31. The van der Waals surface area contributed by atoms with Crippen LogP contribution in [-0.4, -0.2) is 36.4 Å². The van der Waals surface area contributed by atoms with E-state index in [-0.39, 0.29) is 18.3 Å². The highest BCUT2D eigenvalue weighted by Crippen LogP contribution is 2.20. The molecule has 4 rings (SSSR count). The van der Waals surface area contributed by atoms with Crippen LogP contribution in [-0.2, 0) is 20.1 Å². The number of carbonyl (C=O) groups is 2. The molecule has 0 fully saturated rings. The fourth-order valence-corrected chi connectivity index (χ4v) is 3.96. The zero-order chi connectivity index (χ0) is 23.7. The van der Waals surface area contributed by atoms with Crippen molar-refractivity contribution in [2.75, 3.05) is 5.32 Å². The number of fused-ring (bicyclic) bond motifs is 1. The summed E-state index contributed by atoms with van der Waals surface area (Å²) in [4.78, 5) is 27.7. The molecule has 0 saturated carbocycles. The summed E-state index contributed by atoms with van der Waals surface area (Å²) in [7, 11) is 2.05. The standard InChI is InChI=1S/C24H26N6O3/c1-14-7-22(28-24(32)33)27-16(3)20(14)11-25-23(31)19-10-26-30(13-19)12-17-5-6-21-18(9-17)8-15(2)29(21)4/h5-10,13H,11-12H2,1-4H3,(H,25,31)(H,27,28)(H,32,33). The first-order chi connectivity index (χ1) is 15.7. The maximum atomic E-state index is 12.7. The normalized spacial score (nSPS) is 11.0. The summed E-state index contributed by atoms with van der Waals surface area (Å²) in [6.07, 6.45) is 2.12. The van der Waals surface area contributed by atoms with Gasteiger partial charge in [-0.15, -0.1) is 0 Å². The Labute approximate surface area is 191 Å². The van der Waals surface area contributed by atoms with Crippen molar-refractivity contribution in [1.29, 1.82) is 0 Å². The number of carbonyl (C=O) groups excluding carboxylic acids is 1. The maximum absolute atomic E-state index is 12.7. The second-order valence-electron chi connectivity index (χ2n) is 8.17. The molecular formula is C24H26N6O3. The molecule has 4 aromatic rings. The number of pyridine rings is 1. The highest BCUT2D eigenvalue weighted by molar-refractivity contribution is 5.93. The first kappa shape index (κ1) is 22.1. The van der Waals surface area contributed by atoms with Crippen LogP contribution in [0.25, 0.3) is 10.9 Å². The van der Waals surface area contributed by atoms with Crippen molar-refractivity contribution in [3.8, 4) is 0 Å². The van der Waals surface area contributed by atoms with Crippen LogP contribution in [0.4, 0.5) is 10.6 Å². The second-order valence-corrected chi connectivity index (χ2v) is 8.17. The van der Waals surface area contributed by atoms with Gasteiger partial charge in [-0.1, -0.05) is 6.07 Å². The first-order valence-electron chi connectivity index (χ1n) is 10.5. The van der Waals surface area contributed by atoms with Crippen LogP contribution < -0.4 is 10.6 Å². The van der Waals surface area contributed by atoms with Gasteiger partial charge in [0.25, 0.3) is 5.91 Å². The van der Waals surface area contributed by atoms with E-state index in [2.05, 4.69) is 63.5 Å². The third-order valence-corrected chi connectivity index (χ3v) is 5.80. The fraction of sp³-hybridized carbons (Fsp3) is 0.250. The number of hydrogen-bond donors (Lipinski definition) is 3. The second kappa shape index (κ2) is 8.78. The Hall–Kier alpha value is -4.14. The van der Waals surface area contributed by atoms with Crippen LogP contribution in [0.15, 0.2) is 42.7 Å². The SMILES string of the molecule is Cc1cc(NC(=O)O)nc(C)c1CNC(=O)c1cnn(Cc2ccc3c(c2)cc(C)n3C)c1.